The zero-order chi connectivity index (χ0) is 8.53. The van der Waals surface area contributed by atoms with E-state index in [0.717, 1.165) is 0 Å². The van der Waals surface area contributed by atoms with Crippen molar-refractivity contribution in [3.63, 3.8) is 0 Å². The summed E-state index contributed by atoms with van der Waals surface area (Å²) >= 11 is 5.56. The molecule has 0 aliphatic carbocycles. The number of hydrogen-bond donors (Lipinski definition) is 0. The van der Waals surface area contributed by atoms with Gasteiger partial charge in [-0.3, -0.25) is 0 Å². The van der Waals surface area contributed by atoms with E-state index >= 15 is 0 Å². The number of allylic oxidation sites excluding steroid dienone is 2. The third kappa shape index (κ3) is 7.93. The van der Waals surface area contributed by atoms with Crippen LogP contribution in [0.2, 0.25) is 0 Å². The second-order valence-electron chi connectivity index (χ2n) is 3.02. The van der Waals surface area contributed by atoms with E-state index in [-0.39, 0.29) is 0 Å². The Bertz CT molecular complexity index is 105. The lowest BCUT2D eigenvalue weighted by Crippen LogP contribution is -1.80. The van der Waals surface area contributed by atoms with Crippen LogP contribution >= 0.6 is 11.6 Å². The summed E-state index contributed by atoms with van der Waals surface area (Å²) in [6, 6.07) is 0. The van der Waals surface area contributed by atoms with Crippen molar-refractivity contribution in [3.8, 4) is 0 Å². The topological polar surface area (TPSA) is 0 Å². The smallest absolute Gasteiger partial charge is 0.0406 e. The van der Waals surface area contributed by atoms with Crippen molar-refractivity contribution in [2.45, 2.75) is 46.0 Å². The van der Waals surface area contributed by atoms with Gasteiger partial charge in [0, 0.05) is 5.88 Å². The van der Waals surface area contributed by atoms with Crippen molar-refractivity contribution in [3.05, 3.63) is 11.6 Å². The van der Waals surface area contributed by atoms with Gasteiger partial charge >= 0.3 is 0 Å². The summed E-state index contributed by atoms with van der Waals surface area (Å²) in [6.07, 6.45) is 8.71. The second kappa shape index (κ2) is 8.13. The normalized spacial score (nSPS) is 12.1. The summed E-state index contributed by atoms with van der Waals surface area (Å²) in [6.45, 7) is 4.40. The maximum Gasteiger partial charge on any atom is 0.0406 e. The molecule has 11 heavy (non-hydrogen) atoms. The molecule has 0 spiro atoms. The summed E-state index contributed by atoms with van der Waals surface area (Å²) in [7, 11) is 0. The van der Waals surface area contributed by atoms with Crippen molar-refractivity contribution in [1.82, 2.24) is 0 Å². The van der Waals surface area contributed by atoms with E-state index in [4.69, 9.17) is 11.6 Å². The fourth-order valence-corrected chi connectivity index (χ4v) is 1.33. The molecule has 0 amide bonds. The first-order chi connectivity index (χ1) is 5.31. The number of hydrogen-bond acceptors (Lipinski definition) is 0. The minimum atomic E-state index is 0.666. The van der Waals surface area contributed by atoms with E-state index in [9.17, 15) is 0 Å². The average molecular weight is 175 g/mol. The molecule has 0 aromatic carbocycles. The third-order valence-corrected chi connectivity index (χ3v) is 2.00. The maximum atomic E-state index is 5.56. The van der Waals surface area contributed by atoms with Gasteiger partial charge < -0.3 is 0 Å². The molecule has 1 heteroatoms. The van der Waals surface area contributed by atoms with Gasteiger partial charge in [0.25, 0.3) is 0 Å². The molecular weight excluding hydrogens is 156 g/mol. The van der Waals surface area contributed by atoms with Crippen molar-refractivity contribution < 1.29 is 0 Å². The fourth-order valence-electron chi connectivity index (χ4n) is 1.06. The lowest BCUT2D eigenvalue weighted by atomic mass is 10.1. The average Bonchev–Trinajstić information content (AvgIpc) is 1.99. The molecule has 0 radical (unpaired) electrons. The Balaban J connectivity index is 3.17. The highest BCUT2D eigenvalue weighted by Crippen LogP contribution is 2.09. The Morgan fingerprint density at radius 2 is 2.00 bits per heavy atom. The monoisotopic (exact) mass is 174 g/mol. The Kier molecular flexibility index (Phi) is 8.15. The highest BCUT2D eigenvalue weighted by molar-refractivity contribution is 6.18. The third-order valence-electron chi connectivity index (χ3n) is 1.85. The van der Waals surface area contributed by atoms with Gasteiger partial charge in [0.1, 0.15) is 0 Å². The van der Waals surface area contributed by atoms with Crippen LogP contribution in [0.1, 0.15) is 46.0 Å². The molecule has 0 N–H and O–H groups in total. The van der Waals surface area contributed by atoms with Crippen LogP contribution < -0.4 is 0 Å². The van der Waals surface area contributed by atoms with Gasteiger partial charge in [-0.15, -0.1) is 11.6 Å². The van der Waals surface area contributed by atoms with Gasteiger partial charge in [-0.25, -0.2) is 0 Å². The summed E-state index contributed by atoms with van der Waals surface area (Å²) in [5, 5.41) is 0. The molecule has 0 heterocycles. The van der Waals surface area contributed by atoms with E-state index < -0.39 is 0 Å². The number of halogens is 1. The number of alkyl halides is 1. The largest absolute Gasteiger partial charge is 0.122 e. The molecule has 0 aliphatic heterocycles. The highest BCUT2D eigenvalue weighted by Gasteiger charge is 1.89. The fraction of sp³-hybridized carbons (Fsp3) is 0.800. The van der Waals surface area contributed by atoms with Crippen LogP contribution in [0.3, 0.4) is 0 Å². The molecule has 0 rings (SSSR count). The summed E-state index contributed by atoms with van der Waals surface area (Å²) < 4.78 is 0. The van der Waals surface area contributed by atoms with Gasteiger partial charge in [-0.1, -0.05) is 37.8 Å². The van der Waals surface area contributed by atoms with Crippen LogP contribution in [0.15, 0.2) is 11.6 Å². The maximum absolute atomic E-state index is 5.56. The number of unbranched alkanes of at least 4 members (excludes halogenated alkanes) is 3. The molecule has 0 nitrogen and oxygen atoms in total. The molecule has 0 aromatic rings. The van der Waals surface area contributed by atoms with Crippen molar-refractivity contribution >= 4 is 11.6 Å². The van der Waals surface area contributed by atoms with Crippen LogP contribution in [0.4, 0.5) is 0 Å². The standard InChI is InChI=1S/C10H19Cl/c1-3-4-5-6-7-10(2)8-9-11/h8H,3-7,9H2,1-2H3. The Morgan fingerprint density at radius 3 is 2.55 bits per heavy atom. The Morgan fingerprint density at radius 1 is 1.27 bits per heavy atom. The van der Waals surface area contributed by atoms with Crippen LogP contribution in [-0.2, 0) is 0 Å². The quantitative estimate of drug-likeness (QED) is 0.323. The first-order valence-electron chi connectivity index (χ1n) is 4.52. The molecule has 0 aromatic heterocycles. The molecule has 0 fully saturated rings. The zero-order valence-electron chi connectivity index (χ0n) is 7.70. The van der Waals surface area contributed by atoms with E-state index in [2.05, 4.69) is 19.9 Å². The molecular formula is C10H19Cl. The Hall–Kier alpha value is 0.0300. The zero-order valence-corrected chi connectivity index (χ0v) is 8.45. The number of rotatable bonds is 6. The van der Waals surface area contributed by atoms with Gasteiger partial charge in [0.2, 0.25) is 0 Å². The van der Waals surface area contributed by atoms with Gasteiger partial charge in [0.05, 0.1) is 0 Å². The minimum absolute atomic E-state index is 0.666. The summed E-state index contributed by atoms with van der Waals surface area (Å²) in [5.74, 6) is 0.666. The molecule has 0 unspecified atom stereocenters. The highest BCUT2D eigenvalue weighted by atomic mass is 35.5. The minimum Gasteiger partial charge on any atom is -0.122 e. The predicted octanol–water partition coefficient (Wildman–Crippen LogP) is 4.14. The SMILES string of the molecule is CCCCCCC(C)=CCCl. The van der Waals surface area contributed by atoms with Gasteiger partial charge in [-0.2, -0.15) is 0 Å². The molecule has 0 saturated heterocycles. The second-order valence-corrected chi connectivity index (χ2v) is 3.32. The van der Waals surface area contributed by atoms with Gasteiger partial charge in [0.15, 0.2) is 0 Å². The van der Waals surface area contributed by atoms with Crippen molar-refractivity contribution in [1.29, 1.82) is 0 Å². The molecule has 0 saturated carbocycles. The van der Waals surface area contributed by atoms with Crippen LogP contribution in [-0.4, -0.2) is 5.88 Å². The summed E-state index contributed by atoms with van der Waals surface area (Å²) in [4.78, 5) is 0. The molecule has 0 aliphatic rings. The molecule has 0 bridgehead atoms. The lowest BCUT2D eigenvalue weighted by Gasteiger charge is -1.99. The first kappa shape index (κ1) is 11.0. The Labute approximate surface area is 75.6 Å². The first-order valence-corrected chi connectivity index (χ1v) is 5.06. The van der Waals surface area contributed by atoms with Crippen LogP contribution in [0, 0.1) is 0 Å². The van der Waals surface area contributed by atoms with E-state index in [0.29, 0.717) is 5.88 Å². The van der Waals surface area contributed by atoms with Gasteiger partial charge in [-0.05, 0) is 19.8 Å². The van der Waals surface area contributed by atoms with Crippen molar-refractivity contribution in [2.24, 2.45) is 0 Å². The van der Waals surface area contributed by atoms with E-state index in [1.54, 1.807) is 0 Å². The van der Waals surface area contributed by atoms with Crippen molar-refractivity contribution in [2.75, 3.05) is 5.88 Å². The van der Waals surface area contributed by atoms with Crippen LogP contribution in [0.5, 0.6) is 0 Å². The van der Waals surface area contributed by atoms with E-state index in [1.807, 2.05) is 0 Å². The molecule has 66 valence electrons. The lowest BCUT2D eigenvalue weighted by molar-refractivity contribution is 0.664. The molecule has 0 atom stereocenters. The summed E-state index contributed by atoms with van der Waals surface area (Å²) in [5.41, 5.74) is 1.44. The van der Waals surface area contributed by atoms with E-state index in [1.165, 1.54) is 37.7 Å². The van der Waals surface area contributed by atoms with Crippen LogP contribution in [0.25, 0.3) is 0 Å². The predicted molar refractivity (Wildman–Crippen MR) is 53.2 cm³/mol.